The third-order valence-corrected chi connectivity index (χ3v) is 4.40. The molecule has 0 spiro atoms. The summed E-state index contributed by atoms with van der Waals surface area (Å²) in [6.07, 6.45) is 7.28. The molecule has 0 bridgehead atoms. The molecule has 3 heteroatoms. The summed E-state index contributed by atoms with van der Waals surface area (Å²) >= 11 is 0. The molecule has 1 atom stereocenters. The first-order valence-electron chi connectivity index (χ1n) is 6.65. The Hall–Kier alpha value is -0.180. The minimum Gasteiger partial charge on any atom is -0.311 e. The van der Waals surface area contributed by atoms with Gasteiger partial charge in [0.15, 0.2) is 0 Å². The van der Waals surface area contributed by atoms with E-state index in [4.69, 9.17) is 0 Å². The van der Waals surface area contributed by atoms with Gasteiger partial charge in [-0.15, -0.1) is 0 Å². The van der Waals surface area contributed by atoms with Gasteiger partial charge in [-0.1, -0.05) is 25.7 Å². The van der Waals surface area contributed by atoms with Crippen LogP contribution in [0, 0.1) is 5.92 Å². The van der Waals surface area contributed by atoms with E-state index < -0.39 is 5.92 Å². The second kappa shape index (κ2) is 4.59. The van der Waals surface area contributed by atoms with Gasteiger partial charge in [-0.2, -0.15) is 0 Å². The van der Waals surface area contributed by atoms with Gasteiger partial charge < -0.3 is 5.32 Å². The van der Waals surface area contributed by atoms with Gasteiger partial charge in [-0.3, -0.25) is 0 Å². The van der Waals surface area contributed by atoms with Gasteiger partial charge in [0.05, 0.1) is 0 Å². The average Bonchev–Trinajstić information content (AvgIpc) is 2.43. The quantitative estimate of drug-likeness (QED) is 0.678. The van der Waals surface area contributed by atoms with Crippen LogP contribution in [0.25, 0.3) is 0 Å². The number of hydrogen-bond acceptors (Lipinski definition) is 1. The van der Waals surface area contributed by atoms with Crippen molar-refractivity contribution in [3.8, 4) is 0 Å². The molecule has 16 heavy (non-hydrogen) atoms. The van der Waals surface area contributed by atoms with Crippen molar-refractivity contribution in [1.29, 1.82) is 0 Å². The fourth-order valence-corrected chi connectivity index (χ4v) is 3.42. The summed E-state index contributed by atoms with van der Waals surface area (Å²) in [6, 6.07) is 0. The summed E-state index contributed by atoms with van der Waals surface area (Å²) < 4.78 is 27.0. The Labute approximate surface area is 97.0 Å². The predicted octanol–water partition coefficient (Wildman–Crippen LogP) is 3.73. The molecule has 2 rings (SSSR count). The number of alkyl halides is 2. The Balaban J connectivity index is 2.04. The lowest BCUT2D eigenvalue weighted by atomic mass is 9.74. The molecule has 2 fully saturated rings. The molecule has 1 saturated heterocycles. The molecule has 0 aromatic rings. The topological polar surface area (TPSA) is 12.0 Å². The van der Waals surface area contributed by atoms with Crippen molar-refractivity contribution < 1.29 is 8.78 Å². The van der Waals surface area contributed by atoms with Crippen LogP contribution in [-0.2, 0) is 0 Å². The number of halogens is 2. The van der Waals surface area contributed by atoms with Gasteiger partial charge in [0.2, 0.25) is 0 Å². The van der Waals surface area contributed by atoms with Crippen LogP contribution in [0.3, 0.4) is 0 Å². The van der Waals surface area contributed by atoms with Crippen molar-refractivity contribution in [1.82, 2.24) is 5.32 Å². The molecule has 1 saturated carbocycles. The highest BCUT2D eigenvalue weighted by molar-refractivity contribution is 4.98. The Morgan fingerprint density at radius 3 is 2.25 bits per heavy atom. The van der Waals surface area contributed by atoms with Crippen LogP contribution in [0.15, 0.2) is 0 Å². The third-order valence-electron chi connectivity index (χ3n) is 4.40. The molecule has 0 amide bonds. The molecule has 1 heterocycles. The van der Waals surface area contributed by atoms with Gasteiger partial charge in [-0.05, 0) is 25.7 Å². The Morgan fingerprint density at radius 1 is 1.06 bits per heavy atom. The first-order chi connectivity index (χ1) is 7.52. The van der Waals surface area contributed by atoms with Crippen LogP contribution in [0.2, 0.25) is 0 Å². The standard InChI is InChI=1S/C13H23F2N/c1-12(10-13(14,15)8-9-16-12)11-6-4-2-3-5-7-11/h11,16H,2-10H2,1H3. The molecule has 0 aromatic carbocycles. The highest BCUT2D eigenvalue weighted by Crippen LogP contribution is 2.41. The number of hydrogen-bond donors (Lipinski definition) is 1. The number of rotatable bonds is 1. The highest BCUT2D eigenvalue weighted by Gasteiger charge is 2.46. The molecular formula is C13H23F2N. The van der Waals surface area contributed by atoms with Crippen LogP contribution in [0.1, 0.15) is 58.3 Å². The second-order valence-electron chi connectivity index (χ2n) is 5.82. The number of piperidine rings is 1. The molecule has 94 valence electrons. The first-order valence-corrected chi connectivity index (χ1v) is 6.65. The zero-order valence-electron chi connectivity index (χ0n) is 10.2. The van der Waals surface area contributed by atoms with Crippen LogP contribution >= 0.6 is 0 Å². The van der Waals surface area contributed by atoms with Gasteiger partial charge in [0, 0.05) is 24.9 Å². The minimum atomic E-state index is -2.45. The number of nitrogens with one attached hydrogen (secondary N) is 1. The largest absolute Gasteiger partial charge is 0.311 e. The molecule has 0 aromatic heterocycles. The fraction of sp³-hybridized carbons (Fsp3) is 1.00. The highest BCUT2D eigenvalue weighted by atomic mass is 19.3. The second-order valence-corrected chi connectivity index (χ2v) is 5.82. The molecule has 2 aliphatic rings. The maximum atomic E-state index is 13.5. The van der Waals surface area contributed by atoms with E-state index in [1.54, 1.807) is 0 Å². The SMILES string of the molecule is CC1(C2CCCCCC2)CC(F)(F)CCN1. The summed E-state index contributed by atoms with van der Waals surface area (Å²) in [7, 11) is 0. The van der Waals surface area contributed by atoms with Crippen molar-refractivity contribution in [2.75, 3.05) is 6.54 Å². The summed E-state index contributed by atoms with van der Waals surface area (Å²) in [5.74, 6) is -2.01. The Morgan fingerprint density at radius 2 is 1.69 bits per heavy atom. The van der Waals surface area contributed by atoms with Gasteiger partial charge >= 0.3 is 0 Å². The maximum Gasteiger partial charge on any atom is 0.251 e. The van der Waals surface area contributed by atoms with Crippen LogP contribution in [0.4, 0.5) is 8.78 Å². The molecule has 1 aliphatic carbocycles. The monoisotopic (exact) mass is 231 g/mol. The zero-order valence-corrected chi connectivity index (χ0v) is 10.2. The summed E-state index contributed by atoms with van der Waals surface area (Å²) in [4.78, 5) is 0. The average molecular weight is 231 g/mol. The van der Waals surface area contributed by atoms with Crippen molar-refractivity contribution in [3.05, 3.63) is 0 Å². The van der Waals surface area contributed by atoms with E-state index in [1.807, 2.05) is 6.92 Å². The zero-order chi connectivity index (χ0) is 11.6. The van der Waals surface area contributed by atoms with Crippen LogP contribution in [-0.4, -0.2) is 18.0 Å². The van der Waals surface area contributed by atoms with E-state index in [1.165, 1.54) is 25.7 Å². The maximum absolute atomic E-state index is 13.5. The lowest BCUT2D eigenvalue weighted by molar-refractivity contribution is -0.0732. The van der Waals surface area contributed by atoms with Crippen LogP contribution < -0.4 is 5.32 Å². The molecule has 1 nitrogen and oxygen atoms in total. The van der Waals surface area contributed by atoms with E-state index in [9.17, 15) is 8.78 Å². The Kier molecular flexibility index (Phi) is 3.53. The van der Waals surface area contributed by atoms with E-state index in [-0.39, 0.29) is 18.4 Å². The summed E-state index contributed by atoms with van der Waals surface area (Å²) in [5.41, 5.74) is -0.327. The normalized spacial score (nSPS) is 36.9. The van der Waals surface area contributed by atoms with E-state index in [2.05, 4.69) is 5.32 Å². The molecule has 0 radical (unpaired) electrons. The van der Waals surface area contributed by atoms with Crippen molar-refractivity contribution in [2.45, 2.75) is 69.8 Å². The van der Waals surface area contributed by atoms with Gasteiger partial charge in [0.1, 0.15) is 0 Å². The van der Waals surface area contributed by atoms with E-state index in [0.29, 0.717) is 12.5 Å². The van der Waals surface area contributed by atoms with Crippen LogP contribution in [0.5, 0.6) is 0 Å². The lowest BCUT2D eigenvalue weighted by Crippen LogP contribution is -2.57. The lowest BCUT2D eigenvalue weighted by Gasteiger charge is -2.44. The van der Waals surface area contributed by atoms with Gasteiger partial charge in [0.25, 0.3) is 5.92 Å². The fourth-order valence-electron chi connectivity index (χ4n) is 3.42. The molecule has 1 aliphatic heterocycles. The predicted molar refractivity (Wildman–Crippen MR) is 61.8 cm³/mol. The van der Waals surface area contributed by atoms with E-state index in [0.717, 1.165) is 12.8 Å². The van der Waals surface area contributed by atoms with E-state index >= 15 is 0 Å². The van der Waals surface area contributed by atoms with Crippen molar-refractivity contribution in [3.63, 3.8) is 0 Å². The smallest absolute Gasteiger partial charge is 0.251 e. The molecular weight excluding hydrogens is 208 g/mol. The van der Waals surface area contributed by atoms with Crippen molar-refractivity contribution in [2.24, 2.45) is 5.92 Å². The summed E-state index contributed by atoms with van der Waals surface area (Å²) in [5, 5.41) is 3.37. The Bertz CT molecular complexity index is 234. The first kappa shape index (κ1) is 12.3. The minimum absolute atomic E-state index is 0.00924. The summed E-state index contributed by atoms with van der Waals surface area (Å²) in [6.45, 7) is 2.48. The molecule has 1 unspecified atom stereocenters. The molecule has 1 N–H and O–H groups in total. The van der Waals surface area contributed by atoms with Crippen molar-refractivity contribution >= 4 is 0 Å². The third kappa shape index (κ3) is 2.73. The van der Waals surface area contributed by atoms with Gasteiger partial charge in [-0.25, -0.2) is 8.78 Å².